The summed E-state index contributed by atoms with van der Waals surface area (Å²) in [5.41, 5.74) is 0.278. The minimum atomic E-state index is -0.459. The summed E-state index contributed by atoms with van der Waals surface area (Å²) in [6, 6.07) is 0. The highest BCUT2D eigenvalue weighted by Crippen LogP contribution is 2.08. The van der Waals surface area contributed by atoms with E-state index in [9.17, 15) is 4.79 Å². The lowest BCUT2D eigenvalue weighted by molar-refractivity contribution is 0.0548. The molecule has 0 radical (unpaired) electrons. The monoisotopic (exact) mass is 296 g/mol. The molecule has 2 N–H and O–H groups in total. The van der Waals surface area contributed by atoms with E-state index >= 15 is 0 Å². The van der Waals surface area contributed by atoms with Gasteiger partial charge in [-0.05, 0) is 72.5 Å². The Morgan fingerprint density at radius 1 is 1.24 bits per heavy atom. The van der Waals surface area contributed by atoms with Gasteiger partial charge in [-0.1, -0.05) is 19.1 Å². The fourth-order valence-electron chi connectivity index (χ4n) is 1.78. The Bertz CT molecular complexity index is 348. The third-order valence-corrected chi connectivity index (χ3v) is 2.93. The summed E-state index contributed by atoms with van der Waals surface area (Å²) in [5.74, 6) is 0.973. The molecule has 1 amide bonds. The highest BCUT2D eigenvalue weighted by molar-refractivity contribution is 5.70. The van der Waals surface area contributed by atoms with Gasteiger partial charge in [-0.3, -0.25) is 5.32 Å². The zero-order chi connectivity index (χ0) is 16.3. The molecule has 4 heteroatoms. The molecule has 4 nitrogen and oxygen atoms in total. The number of alkyl carbamates (subject to hydrolysis) is 1. The predicted molar refractivity (Wildman–Crippen MR) is 89.2 cm³/mol. The van der Waals surface area contributed by atoms with Crippen LogP contribution in [0.2, 0.25) is 0 Å². The molecule has 0 unspecified atom stereocenters. The van der Waals surface area contributed by atoms with Crippen molar-refractivity contribution < 1.29 is 9.53 Å². The molecule has 0 bridgehead atoms. The van der Waals surface area contributed by atoms with Gasteiger partial charge in [0, 0.05) is 5.70 Å². The van der Waals surface area contributed by atoms with Gasteiger partial charge < -0.3 is 10.1 Å². The number of hydrogen-bond acceptors (Lipinski definition) is 3. The van der Waals surface area contributed by atoms with Crippen molar-refractivity contribution in [3.8, 4) is 0 Å². The molecule has 1 aliphatic rings. The number of nitrogens with one attached hydrogen (secondary N) is 2. The third-order valence-electron chi connectivity index (χ3n) is 2.93. The number of piperidine rings is 1. The molecule has 0 atom stereocenters. The van der Waals surface area contributed by atoms with Gasteiger partial charge in [-0.15, -0.1) is 0 Å². The SMILES string of the molecule is C/C=C\C(=C/C)NC(=O)OC(C)(C)C.CC1CCNCC1. The van der Waals surface area contributed by atoms with Gasteiger partial charge in [0.2, 0.25) is 0 Å². The zero-order valence-corrected chi connectivity index (χ0v) is 14.5. The second kappa shape index (κ2) is 10.4. The van der Waals surface area contributed by atoms with E-state index in [0.717, 1.165) is 11.6 Å². The van der Waals surface area contributed by atoms with Gasteiger partial charge in [-0.2, -0.15) is 0 Å². The van der Waals surface area contributed by atoms with Crippen LogP contribution in [0.1, 0.15) is 54.4 Å². The maximum Gasteiger partial charge on any atom is 0.412 e. The predicted octanol–water partition coefficient (Wildman–Crippen LogP) is 4.00. The summed E-state index contributed by atoms with van der Waals surface area (Å²) in [6.45, 7) is 14.0. The standard InChI is InChI=1S/C11H19NO2.C6H13N/c1-6-8-9(7-2)12-10(13)14-11(3,4)5;1-6-2-4-7-5-3-6/h6-8H,1-5H3,(H,12,13);6-7H,2-5H2,1H3/b8-6-,9-7+;. The topological polar surface area (TPSA) is 50.4 Å². The van der Waals surface area contributed by atoms with Crippen LogP contribution in [0.25, 0.3) is 0 Å². The van der Waals surface area contributed by atoms with Crippen molar-refractivity contribution in [3.63, 3.8) is 0 Å². The number of allylic oxidation sites excluding steroid dienone is 3. The molecule has 0 saturated carbocycles. The lowest BCUT2D eigenvalue weighted by atomic mass is 10.0. The molecule has 1 rings (SSSR count). The van der Waals surface area contributed by atoms with E-state index in [4.69, 9.17) is 4.74 Å². The first-order valence-electron chi connectivity index (χ1n) is 7.78. The van der Waals surface area contributed by atoms with Gasteiger partial charge in [0.05, 0.1) is 0 Å². The highest BCUT2D eigenvalue weighted by atomic mass is 16.6. The van der Waals surface area contributed by atoms with E-state index in [0.29, 0.717) is 0 Å². The van der Waals surface area contributed by atoms with Crippen LogP contribution in [0.4, 0.5) is 4.79 Å². The van der Waals surface area contributed by atoms with Crippen LogP contribution in [0, 0.1) is 5.92 Å². The second-order valence-corrected chi connectivity index (χ2v) is 6.30. The molecule has 122 valence electrons. The Hall–Kier alpha value is -1.29. The van der Waals surface area contributed by atoms with Crippen LogP contribution >= 0.6 is 0 Å². The zero-order valence-electron chi connectivity index (χ0n) is 14.5. The Balaban J connectivity index is 0.000000471. The number of carbonyl (C=O) groups excluding carboxylic acids is 1. The van der Waals surface area contributed by atoms with Gasteiger partial charge >= 0.3 is 6.09 Å². The van der Waals surface area contributed by atoms with E-state index in [-0.39, 0.29) is 0 Å². The molecule has 0 aromatic heterocycles. The van der Waals surface area contributed by atoms with Crippen molar-refractivity contribution in [3.05, 3.63) is 23.9 Å². The Kier molecular flexibility index (Phi) is 9.80. The summed E-state index contributed by atoms with van der Waals surface area (Å²) < 4.78 is 5.09. The lowest BCUT2D eigenvalue weighted by Gasteiger charge is -2.19. The van der Waals surface area contributed by atoms with Crippen molar-refractivity contribution in [1.29, 1.82) is 0 Å². The average molecular weight is 296 g/mol. The number of amides is 1. The first-order valence-corrected chi connectivity index (χ1v) is 7.78. The Morgan fingerprint density at radius 3 is 2.14 bits per heavy atom. The molecule has 0 aliphatic carbocycles. The van der Waals surface area contributed by atoms with Crippen molar-refractivity contribution >= 4 is 6.09 Å². The van der Waals surface area contributed by atoms with Crippen molar-refractivity contribution in [2.75, 3.05) is 13.1 Å². The first kappa shape index (κ1) is 19.7. The van der Waals surface area contributed by atoms with Crippen LogP contribution in [0.5, 0.6) is 0 Å². The van der Waals surface area contributed by atoms with Crippen LogP contribution in [0.3, 0.4) is 0 Å². The van der Waals surface area contributed by atoms with Crippen LogP contribution < -0.4 is 10.6 Å². The van der Waals surface area contributed by atoms with Crippen molar-refractivity contribution in [1.82, 2.24) is 10.6 Å². The fraction of sp³-hybridized carbons (Fsp3) is 0.706. The summed E-state index contributed by atoms with van der Waals surface area (Å²) in [7, 11) is 0. The van der Waals surface area contributed by atoms with Gasteiger partial charge in [0.25, 0.3) is 0 Å². The second-order valence-electron chi connectivity index (χ2n) is 6.30. The van der Waals surface area contributed by atoms with E-state index in [1.165, 1.54) is 25.9 Å². The molecule has 21 heavy (non-hydrogen) atoms. The molecule has 1 heterocycles. The lowest BCUT2D eigenvalue weighted by Crippen LogP contribution is -2.31. The molecule has 0 aromatic rings. The van der Waals surface area contributed by atoms with Crippen LogP contribution in [-0.4, -0.2) is 24.8 Å². The molecule has 1 saturated heterocycles. The van der Waals surface area contributed by atoms with Crippen LogP contribution in [0.15, 0.2) is 23.9 Å². The molecular formula is C17H32N2O2. The maximum absolute atomic E-state index is 11.3. The van der Waals surface area contributed by atoms with E-state index in [1.54, 1.807) is 0 Å². The van der Waals surface area contributed by atoms with Crippen LogP contribution in [-0.2, 0) is 4.74 Å². The molecule has 0 aromatic carbocycles. The Labute approximate surface area is 130 Å². The van der Waals surface area contributed by atoms with E-state index < -0.39 is 11.7 Å². The number of carbonyl (C=O) groups is 1. The minimum Gasteiger partial charge on any atom is -0.444 e. The quantitative estimate of drug-likeness (QED) is 0.757. The average Bonchev–Trinajstić information content (AvgIpc) is 2.37. The largest absolute Gasteiger partial charge is 0.444 e. The number of hydrogen-bond donors (Lipinski definition) is 2. The van der Waals surface area contributed by atoms with E-state index in [1.807, 2.05) is 52.8 Å². The van der Waals surface area contributed by atoms with Gasteiger partial charge in [-0.25, -0.2) is 4.79 Å². The molecule has 1 fully saturated rings. The van der Waals surface area contributed by atoms with Crippen molar-refractivity contribution in [2.24, 2.45) is 5.92 Å². The summed E-state index contributed by atoms with van der Waals surface area (Å²) in [5, 5.41) is 5.95. The molecular weight excluding hydrogens is 264 g/mol. The fourth-order valence-corrected chi connectivity index (χ4v) is 1.78. The summed E-state index contributed by atoms with van der Waals surface area (Å²) in [4.78, 5) is 11.3. The Morgan fingerprint density at radius 2 is 1.81 bits per heavy atom. The van der Waals surface area contributed by atoms with E-state index in [2.05, 4.69) is 17.6 Å². The normalized spacial score (nSPS) is 17.1. The maximum atomic E-state index is 11.3. The van der Waals surface area contributed by atoms with Crippen molar-refractivity contribution in [2.45, 2.75) is 60.0 Å². The van der Waals surface area contributed by atoms with Gasteiger partial charge in [0.1, 0.15) is 5.60 Å². The highest BCUT2D eigenvalue weighted by Gasteiger charge is 2.15. The van der Waals surface area contributed by atoms with Gasteiger partial charge in [0.15, 0.2) is 0 Å². The smallest absolute Gasteiger partial charge is 0.412 e. The number of ether oxygens (including phenoxy) is 1. The first-order chi connectivity index (χ1) is 9.78. The summed E-state index contributed by atoms with van der Waals surface area (Å²) >= 11 is 0. The number of rotatable bonds is 2. The minimum absolute atomic E-state index is 0.427. The molecule has 1 aliphatic heterocycles. The summed E-state index contributed by atoms with van der Waals surface area (Å²) in [6.07, 6.45) is 7.80. The third kappa shape index (κ3) is 12.2. The molecule has 0 spiro atoms.